The van der Waals surface area contributed by atoms with E-state index in [1.165, 1.54) is 12.1 Å². The molecular weight excluding hydrogens is 469 g/mol. The van der Waals surface area contributed by atoms with Crippen LogP contribution in [0, 0.1) is 11.7 Å². The summed E-state index contributed by atoms with van der Waals surface area (Å²) in [7, 11) is 1.78. The van der Waals surface area contributed by atoms with Gasteiger partial charge in [-0.15, -0.1) is 0 Å². The lowest BCUT2D eigenvalue weighted by molar-refractivity contribution is 0.0660. The number of carbonyl (C=O) groups excluding carboxylic acids is 1. The smallest absolute Gasteiger partial charge is 0.252 e. The molecule has 1 fully saturated rings. The molecule has 0 saturated carbocycles. The van der Waals surface area contributed by atoms with Crippen molar-refractivity contribution in [2.75, 3.05) is 13.2 Å². The summed E-state index contributed by atoms with van der Waals surface area (Å²) < 4.78 is 21.3. The molecule has 9 heteroatoms. The van der Waals surface area contributed by atoms with Crippen molar-refractivity contribution >= 4 is 28.4 Å². The van der Waals surface area contributed by atoms with Crippen LogP contribution in [-0.4, -0.2) is 38.9 Å². The SMILES string of the molecule is Cn1cc([C@@H](NC(=O)c2ccc3cnc(CC4CCOCC4)nc3c2)c2ccc(Cl)c(F)c2)cn1. The lowest BCUT2D eigenvalue weighted by Gasteiger charge is -2.21. The standard InChI is InChI=1S/C26H25ClFN5O2/c1-33-15-20(14-30-33)25(17-4-5-21(27)22(28)11-17)32-26(34)18-2-3-19-13-29-24(31-23(19)12-18)10-16-6-8-35-9-7-16/h2-5,11-16,25H,6-10H2,1H3,(H,32,34)/t25-/m0/s1. The van der Waals surface area contributed by atoms with Crippen molar-refractivity contribution < 1.29 is 13.9 Å². The molecule has 1 saturated heterocycles. The number of fused-ring (bicyclic) bond motifs is 1. The van der Waals surface area contributed by atoms with Crippen LogP contribution < -0.4 is 5.32 Å². The molecule has 5 rings (SSSR count). The van der Waals surface area contributed by atoms with E-state index in [1.807, 2.05) is 6.07 Å². The van der Waals surface area contributed by atoms with Crippen LogP contribution in [-0.2, 0) is 18.2 Å². The van der Waals surface area contributed by atoms with E-state index in [0.29, 0.717) is 22.6 Å². The molecule has 1 amide bonds. The van der Waals surface area contributed by atoms with Crippen LogP contribution in [0.25, 0.3) is 10.9 Å². The largest absolute Gasteiger partial charge is 0.381 e. The number of nitrogens with zero attached hydrogens (tertiary/aromatic N) is 4. The highest BCUT2D eigenvalue weighted by molar-refractivity contribution is 6.30. The zero-order valence-electron chi connectivity index (χ0n) is 19.2. The fourth-order valence-electron chi connectivity index (χ4n) is 4.36. The minimum Gasteiger partial charge on any atom is -0.381 e. The van der Waals surface area contributed by atoms with E-state index in [4.69, 9.17) is 21.3 Å². The Morgan fingerprint density at radius 3 is 2.77 bits per heavy atom. The highest BCUT2D eigenvalue weighted by Gasteiger charge is 2.21. The number of halogens is 2. The summed E-state index contributed by atoms with van der Waals surface area (Å²) in [5, 5.41) is 8.10. The second kappa shape index (κ2) is 10.1. The third kappa shape index (κ3) is 5.33. The summed E-state index contributed by atoms with van der Waals surface area (Å²) >= 11 is 5.87. The number of hydrogen-bond donors (Lipinski definition) is 1. The maximum atomic E-state index is 14.2. The summed E-state index contributed by atoms with van der Waals surface area (Å²) in [6.45, 7) is 1.55. The predicted octanol–water partition coefficient (Wildman–Crippen LogP) is 4.64. The number of ether oxygens (including phenoxy) is 1. The Morgan fingerprint density at radius 1 is 1.20 bits per heavy atom. The van der Waals surface area contributed by atoms with Gasteiger partial charge < -0.3 is 10.1 Å². The molecule has 0 unspecified atom stereocenters. The molecule has 7 nitrogen and oxygen atoms in total. The zero-order chi connectivity index (χ0) is 24.4. The van der Waals surface area contributed by atoms with Crippen molar-refractivity contribution in [3.63, 3.8) is 0 Å². The number of carbonyl (C=O) groups is 1. The minimum absolute atomic E-state index is 0.0239. The Kier molecular flexibility index (Phi) is 6.74. The highest BCUT2D eigenvalue weighted by Crippen LogP contribution is 2.26. The molecule has 1 aliphatic heterocycles. The first kappa shape index (κ1) is 23.4. The van der Waals surface area contributed by atoms with Crippen molar-refractivity contribution in [1.29, 1.82) is 0 Å². The number of hydrogen-bond acceptors (Lipinski definition) is 5. The molecule has 180 valence electrons. The van der Waals surface area contributed by atoms with Gasteiger partial charge in [0.1, 0.15) is 11.6 Å². The van der Waals surface area contributed by atoms with Gasteiger partial charge in [-0.2, -0.15) is 5.10 Å². The van der Waals surface area contributed by atoms with Crippen LogP contribution in [0.3, 0.4) is 0 Å². The molecular formula is C26H25ClFN5O2. The summed E-state index contributed by atoms with van der Waals surface area (Å²) in [6.07, 6.45) is 8.03. The average Bonchev–Trinajstić information content (AvgIpc) is 3.30. The summed E-state index contributed by atoms with van der Waals surface area (Å²) in [5.41, 5.74) is 2.46. The van der Waals surface area contributed by atoms with Gasteiger partial charge in [0.15, 0.2) is 0 Å². The quantitative estimate of drug-likeness (QED) is 0.423. The van der Waals surface area contributed by atoms with Crippen molar-refractivity contribution in [3.8, 4) is 0 Å². The number of rotatable bonds is 6. The molecule has 0 bridgehead atoms. The van der Waals surface area contributed by atoms with Crippen molar-refractivity contribution in [3.05, 3.63) is 88.3 Å². The van der Waals surface area contributed by atoms with E-state index in [9.17, 15) is 9.18 Å². The maximum Gasteiger partial charge on any atom is 0.252 e. The number of aromatic nitrogens is 4. The molecule has 1 N–H and O–H groups in total. The van der Waals surface area contributed by atoms with E-state index in [-0.39, 0.29) is 10.9 Å². The first-order chi connectivity index (χ1) is 17.0. The van der Waals surface area contributed by atoms with Crippen LogP contribution in [0.2, 0.25) is 5.02 Å². The molecule has 35 heavy (non-hydrogen) atoms. The van der Waals surface area contributed by atoms with Gasteiger partial charge in [0.05, 0.1) is 22.8 Å². The lowest BCUT2D eigenvalue weighted by Crippen LogP contribution is -2.29. The number of nitrogens with one attached hydrogen (secondary N) is 1. The third-order valence-corrected chi connectivity index (χ3v) is 6.62. The first-order valence-corrected chi connectivity index (χ1v) is 11.9. The van der Waals surface area contributed by atoms with Gasteiger partial charge in [-0.25, -0.2) is 14.4 Å². The Balaban J connectivity index is 1.41. The molecule has 2 aromatic heterocycles. The highest BCUT2D eigenvalue weighted by atomic mass is 35.5. The van der Waals surface area contributed by atoms with Crippen LogP contribution in [0.1, 0.15) is 46.2 Å². The van der Waals surface area contributed by atoms with Crippen LogP contribution >= 0.6 is 11.6 Å². The van der Waals surface area contributed by atoms with E-state index in [0.717, 1.165) is 49.3 Å². The van der Waals surface area contributed by atoms with Gasteiger partial charge in [-0.1, -0.05) is 23.7 Å². The molecule has 3 heterocycles. The van der Waals surface area contributed by atoms with Gasteiger partial charge >= 0.3 is 0 Å². The van der Waals surface area contributed by atoms with Crippen LogP contribution in [0.5, 0.6) is 0 Å². The predicted molar refractivity (Wildman–Crippen MR) is 131 cm³/mol. The lowest BCUT2D eigenvalue weighted by atomic mass is 9.96. The second-order valence-corrected chi connectivity index (χ2v) is 9.25. The maximum absolute atomic E-state index is 14.2. The van der Waals surface area contributed by atoms with Crippen LogP contribution in [0.15, 0.2) is 55.0 Å². The zero-order valence-corrected chi connectivity index (χ0v) is 20.0. The van der Waals surface area contributed by atoms with Crippen LogP contribution in [0.4, 0.5) is 4.39 Å². The molecule has 1 aliphatic rings. The minimum atomic E-state index is -0.604. The topological polar surface area (TPSA) is 81.9 Å². The Hall–Kier alpha value is -3.36. The third-order valence-electron chi connectivity index (χ3n) is 6.32. The number of aryl methyl sites for hydroxylation is 1. The first-order valence-electron chi connectivity index (χ1n) is 11.5. The Labute approximate surface area is 207 Å². The van der Waals surface area contributed by atoms with Gasteiger partial charge in [0.25, 0.3) is 5.91 Å². The van der Waals surface area contributed by atoms with Gasteiger partial charge in [-0.05, 0) is 48.6 Å². The van der Waals surface area contributed by atoms with Gasteiger partial charge in [0.2, 0.25) is 0 Å². The fourth-order valence-corrected chi connectivity index (χ4v) is 4.48. The van der Waals surface area contributed by atoms with E-state index < -0.39 is 11.9 Å². The average molecular weight is 494 g/mol. The number of amides is 1. The van der Waals surface area contributed by atoms with E-state index >= 15 is 0 Å². The normalized spacial score (nSPS) is 15.3. The number of benzene rings is 2. The molecule has 0 spiro atoms. The van der Waals surface area contributed by atoms with E-state index in [2.05, 4.69) is 15.4 Å². The Morgan fingerprint density at radius 2 is 2.03 bits per heavy atom. The van der Waals surface area contributed by atoms with Gasteiger partial charge in [0, 0.05) is 55.6 Å². The summed E-state index contributed by atoms with van der Waals surface area (Å²) in [6, 6.07) is 9.24. The molecule has 0 aliphatic carbocycles. The van der Waals surface area contributed by atoms with Crippen molar-refractivity contribution in [2.24, 2.45) is 13.0 Å². The van der Waals surface area contributed by atoms with Crippen molar-refractivity contribution in [2.45, 2.75) is 25.3 Å². The Bertz CT molecular complexity index is 1370. The van der Waals surface area contributed by atoms with Crippen molar-refractivity contribution in [1.82, 2.24) is 25.1 Å². The molecule has 4 aromatic rings. The molecule has 0 radical (unpaired) electrons. The summed E-state index contributed by atoms with van der Waals surface area (Å²) in [4.78, 5) is 22.5. The van der Waals surface area contributed by atoms with E-state index in [1.54, 1.807) is 48.5 Å². The molecule has 1 atom stereocenters. The molecule has 2 aromatic carbocycles. The second-order valence-electron chi connectivity index (χ2n) is 8.85. The monoisotopic (exact) mass is 493 g/mol. The fraction of sp³-hybridized carbons (Fsp3) is 0.308. The summed E-state index contributed by atoms with van der Waals surface area (Å²) in [5.74, 6) is 0.423. The van der Waals surface area contributed by atoms with Gasteiger partial charge in [-0.3, -0.25) is 9.48 Å².